The minimum atomic E-state index is -4.46. The first kappa shape index (κ1) is 16.6. The van der Waals surface area contributed by atoms with Crippen molar-refractivity contribution in [3.8, 4) is 0 Å². The predicted molar refractivity (Wildman–Crippen MR) is 76.9 cm³/mol. The van der Waals surface area contributed by atoms with Crippen LogP contribution in [0.5, 0.6) is 0 Å². The first-order valence-corrected chi connectivity index (χ1v) is 7.12. The molecule has 122 valence electrons. The minimum absolute atomic E-state index is 0.122. The molecule has 4 nitrogen and oxygen atoms in total. The summed E-state index contributed by atoms with van der Waals surface area (Å²) >= 11 is 0. The lowest BCUT2D eigenvalue weighted by atomic mass is 10.0. The number of nitrogens with zero attached hydrogens (tertiary/aromatic N) is 1. The van der Waals surface area contributed by atoms with Gasteiger partial charge in [0, 0.05) is 12.2 Å². The molecule has 1 aromatic rings. The number of hydrogen-bond donors (Lipinski definition) is 1. The zero-order valence-corrected chi connectivity index (χ0v) is 12.5. The van der Waals surface area contributed by atoms with Gasteiger partial charge in [0.05, 0.1) is 13.2 Å². The fourth-order valence-corrected chi connectivity index (χ4v) is 2.34. The number of benzene rings is 1. The van der Waals surface area contributed by atoms with Crippen LogP contribution in [0.25, 0.3) is 0 Å². The van der Waals surface area contributed by atoms with Crippen LogP contribution in [0.1, 0.15) is 25.3 Å². The molecule has 22 heavy (non-hydrogen) atoms. The molecule has 0 aliphatic carbocycles. The van der Waals surface area contributed by atoms with Crippen LogP contribution in [0.4, 0.5) is 23.7 Å². The van der Waals surface area contributed by atoms with E-state index >= 15 is 0 Å². The normalized spacial score (nSPS) is 19.4. The lowest BCUT2D eigenvalue weighted by molar-refractivity contribution is -0.233. The Morgan fingerprint density at radius 1 is 1.36 bits per heavy atom. The summed E-state index contributed by atoms with van der Waals surface area (Å²) in [5.41, 5.74) is 1.56. The SMILES string of the molecule is CC(C)c1ccccc1NC(=O)N1CCOC(C(F)(F)F)C1. The quantitative estimate of drug-likeness (QED) is 0.905. The summed E-state index contributed by atoms with van der Waals surface area (Å²) in [5, 5.41) is 2.70. The highest BCUT2D eigenvalue weighted by Crippen LogP contribution is 2.27. The standard InChI is InChI=1S/C15H19F3N2O2/c1-10(2)11-5-3-4-6-12(11)19-14(21)20-7-8-22-13(9-20)15(16,17)18/h3-6,10,13H,7-9H2,1-2H3,(H,19,21). The molecule has 1 atom stereocenters. The molecule has 0 saturated carbocycles. The average Bonchev–Trinajstić information content (AvgIpc) is 2.47. The van der Waals surface area contributed by atoms with E-state index < -0.39 is 24.9 Å². The van der Waals surface area contributed by atoms with Crippen LogP contribution >= 0.6 is 0 Å². The van der Waals surface area contributed by atoms with Crippen LogP contribution in [0.15, 0.2) is 24.3 Å². The summed E-state index contributed by atoms with van der Waals surface area (Å²) in [5.74, 6) is 0.198. The van der Waals surface area contributed by atoms with Crippen molar-refractivity contribution in [2.45, 2.75) is 32.0 Å². The van der Waals surface area contributed by atoms with Crippen LogP contribution in [0.2, 0.25) is 0 Å². The van der Waals surface area contributed by atoms with E-state index in [0.29, 0.717) is 5.69 Å². The summed E-state index contributed by atoms with van der Waals surface area (Å²) in [6, 6.07) is 6.73. The lowest BCUT2D eigenvalue weighted by Crippen LogP contribution is -2.52. The molecule has 0 aromatic heterocycles. The van der Waals surface area contributed by atoms with Gasteiger partial charge in [0.1, 0.15) is 0 Å². The maximum atomic E-state index is 12.7. The van der Waals surface area contributed by atoms with Gasteiger partial charge in [0.25, 0.3) is 0 Å². The number of nitrogens with one attached hydrogen (secondary N) is 1. The fourth-order valence-electron chi connectivity index (χ4n) is 2.34. The number of carbonyl (C=O) groups is 1. The Labute approximate surface area is 127 Å². The van der Waals surface area contributed by atoms with E-state index in [4.69, 9.17) is 0 Å². The number of ether oxygens (including phenoxy) is 1. The molecule has 1 aliphatic heterocycles. The number of amides is 2. The zero-order chi connectivity index (χ0) is 16.3. The van der Waals surface area contributed by atoms with Gasteiger partial charge in [-0.05, 0) is 17.5 Å². The molecule has 1 heterocycles. The molecule has 0 radical (unpaired) electrons. The zero-order valence-electron chi connectivity index (χ0n) is 12.5. The van der Waals surface area contributed by atoms with Crippen LogP contribution in [-0.4, -0.2) is 42.9 Å². The summed E-state index contributed by atoms with van der Waals surface area (Å²) in [4.78, 5) is 13.3. The van der Waals surface area contributed by atoms with E-state index in [0.717, 1.165) is 10.5 Å². The Balaban J connectivity index is 2.06. The Morgan fingerprint density at radius 2 is 2.05 bits per heavy atom. The van der Waals surface area contributed by atoms with E-state index in [1.54, 1.807) is 12.1 Å². The number of morpholine rings is 1. The summed E-state index contributed by atoms with van der Waals surface area (Å²) in [7, 11) is 0. The van der Waals surface area contributed by atoms with Gasteiger partial charge in [0.15, 0.2) is 6.10 Å². The second-order valence-corrected chi connectivity index (χ2v) is 5.52. The van der Waals surface area contributed by atoms with Gasteiger partial charge in [0.2, 0.25) is 0 Å². The molecule has 0 spiro atoms. The van der Waals surface area contributed by atoms with Gasteiger partial charge in [-0.1, -0.05) is 32.0 Å². The molecule has 1 saturated heterocycles. The number of alkyl halides is 3. The highest BCUT2D eigenvalue weighted by molar-refractivity contribution is 5.90. The molecule has 1 aromatic carbocycles. The van der Waals surface area contributed by atoms with Gasteiger partial charge in [-0.2, -0.15) is 13.2 Å². The maximum Gasteiger partial charge on any atom is 0.416 e. The van der Waals surface area contributed by atoms with Crippen molar-refractivity contribution in [3.05, 3.63) is 29.8 Å². The van der Waals surface area contributed by atoms with Crippen molar-refractivity contribution in [1.82, 2.24) is 4.90 Å². The van der Waals surface area contributed by atoms with Gasteiger partial charge in [-0.25, -0.2) is 4.79 Å². The van der Waals surface area contributed by atoms with Gasteiger partial charge >= 0.3 is 12.2 Å². The Kier molecular flexibility index (Phi) is 4.95. The Bertz CT molecular complexity index is 532. The Morgan fingerprint density at radius 3 is 2.68 bits per heavy atom. The summed E-state index contributed by atoms with van der Waals surface area (Å²) in [6.45, 7) is 3.50. The summed E-state index contributed by atoms with van der Waals surface area (Å²) < 4.78 is 42.8. The molecule has 1 unspecified atom stereocenters. The Hall–Kier alpha value is -1.76. The molecular weight excluding hydrogens is 297 g/mol. The third-order valence-corrected chi connectivity index (χ3v) is 3.54. The minimum Gasteiger partial charge on any atom is -0.365 e. The third-order valence-electron chi connectivity index (χ3n) is 3.54. The van der Waals surface area contributed by atoms with Crippen molar-refractivity contribution < 1.29 is 22.7 Å². The smallest absolute Gasteiger partial charge is 0.365 e. The van der Waals surface area contributed by atoms with E-state index in [9.17, 15) is 18.0 Å². The topological polar surface area (TPSA) is 41.6 Å². The van der Waals surface area contributed by atoms with Gasteiger partial charge in [-0.15, -0.1) is 0 Å². The van der Waals surface area contributed by atoms with Gasteiger partial charge < -0.3 is 15.0 Å². The lowest BCUT2D eigenvalue weighted by Gasteiger charge is -2.34. The largest absolute Gasteiger partial charge is 0.416 e. The molecular formula is C15H19F3N2O2. The monoisotopic (exact) mass is 316 g/mol. The van der Waals surface area contributed by atoms with Crippen molar-refractivity contribution in [2.75, 3.05) is 25.0 Å². The highest BCUT2D eigenvalue weighted by Gasteiger charge is 2.44. The van der Waals surface area contributed by atoms with E-state index in [1.807, 2.05) is 26.0 Å². The molecule has 1 aliphatic rings. The molecule has 2 rings (SSSR count). The third kappa shape index (κ3) is 3.91. The molecule has 1 N–H and O–H groups in total. The number of urea groups is 1. The van der Waals surface area contributed by atoms with Crippen molar-refractivity contribution in [1.29, 1.82) is 0 Å². The van der Waals surface area contributed by atoms with Crippen molar-refractivity contribution in [2.24, 2.45) is 0 Å². The van der Waals surface area contributed by atoms with E-state index in [1.165, 1.54) is 0 Å². The predicted octanol–water partition coefficient (Wildman–Crippen LogP) is 3.61. The van der Waals surface area contributed by atoms with Crippen molar-refractivity contribution >= 4 is 11.7 Å². The van der Waals surface area contributed by atoms with Crippen LogP contribution < -0.4 is 5.32 Å². The highest BCUT2D eigenvalue weighted by atomic mass is 19.4. The second-order valence-electron chi connectivity index (χ2n) is 5.52. The van der Waals surface area contributed by atoms with E-state index in [-0.39, 0.29) is 19.1 Å². The number of hydrogen-bond acceptors (Lipinski definition) is 2. The van der Waals surface area contributed by atoms with Crippen LogP contribution in [0.3, 0.4) is 0 Å². The number of para-hydroxylation sites is 1. The number of anilines is 1. The van der Waals surface area contributed by atoms with E-state index in [2.05, 4.69) is 10.1 Å². The maximum absolute atomic E-state index is 12.7. The molecule has 7 heteroatoms. The van der Waals surface area contributed by atoms with Crippen LogP contribution in [-0.2, 0) is 4.74 Å². The first-order chi connectivity index (χ1) is 10.3. The summed E-state index contributed by atoms with van der Waals surface area (Å²) in [6.07, 6.45) is -6.39. The number of carbonyl (C=O) groups excluding carboxylic acids is 1. The first-order valence-electron chi connectivity index (χ1n) is 7.12. The van der Waals surface area contributed by atoms with Crippen molar-refractivity contribution in [3.63, 3.8) is 0 Å². The molecule has 0 bridgehead atoms. The second kappa shape index (κ2) is 6.56. The van der Waals surface area contributed by atoms with Gasteiger partial charge in [-0.3, -0.25) is 0 Å². The average molecular weight is 316 g/mol. The number of halogens is 3. The molecule has 2 amide bonds. The molecule has 1 fully saturated rings. The fraction of sp³-hybridized carbons (Fsp3) is 0.533. The number of rotatable bonds is 2. The van der Waals surface area contributed by atoms with Crippen LogP contribution in [0, 0.1) is 0 Å².